The molecule has 5 rings (SSSR count). The molecule has 1 saturated heterocycles. The molecule has 196 valence electrons. The van der Waals surface area contributed by atoms with E-state index in [-0.39, 0.29) is 6.10 Å². The Morgan fingerprint density at radius 3 is 1.26 bits per heavy atom. The number of hydrogen-bond acceptors (Lipinski definition) is 5. The summed E-state index contributed by atoms with van der Waals surface area (Å²) >= 11 is 0. The van der Waals surface area contributed by atoms with Crippen molar-refractivity contribution < 1.29 is 23.7 Å². The molecule has 5 nitrogen and oxygen atoms in total. The fourth-order valence-corrected chi connectivity index (χ4v) is 4.47. The summed E-state index contributed by atoms with van der Waals surface area (Å²) in [5.41, 5.74) is 4.33. The van der Waals surface area contributed by atoms with Crippen LogP contribution in [0.25, 0.3) is 0 Å². The van der Waals surface area contributed by atoms with Crippen molar-refractivity contribution in [3.8, 4) is 0 Å². The van der Waals surface area contributed by atoms with E-state index >= 15 is 0 Å². The molecule has 4 aromatic carbocycles. The van der Waals surface area contributed by atoms with Gasteiger partial charge in [0.25, 0.3) is 0 Å². The highest BCUT2D eigenvalue weighted by Crippen LogP contribution is 2.28. The van der Waals surface area contributed by atoms with Crippen molar-refractivity contribution >= 4 is 0 Å². The predicted molar refractivity (Wildman–Crippen MR) is 146 cm³/mol. The van der Waals surface area contributed by atoms with Crippen LogP contribution in [0.3, 0.4) is 0 Å². The number of ether oxygens (including phenoxy) is 5. The molecular weight excluding hydrogens is 476 g/mol. The molecule has 1 aliphatic rings. The van der Waals surface area contributed by atoms with Crippen LogP contribution >= 0.6 is 0 Å². The Morgan fingerprint density at radius 1 is 0.447 bits per heavy atom. The highest BCUT2D eigenvalue weighted by atomic mass is 16.7. The van der Waals surface area contributed by atoms with Crippen LogP contribution < -0.4 is 0 Å². The van der Waals surface area contributed by atoms with Gasteiger partial charge in [-0.3, -0.25) is 0 Å². The Kier molecular flexibility index (Phi) is 9.69. The average Bonchev–Trinajstić information content (AvgIpc) is 2.99. The summed E-state index contributed by atoms with van der Waals surface area (Å²) in [6.45, 7) is 2.07. The second-order valence-corrected chi connectivity index (χ2v) is 9.36. The highest BCUT2D eigenvalue weighted by molar-refractivity contribution is 5.16. The van der Waals surface area contributed by atoms with E-state index in [0.717, 1.165) is 22.3 Å². The van der Waals surface area contributed by atoms with Crippen LogP contribution in [0, 0.1) is 0 Å². The maximum absolute atomic E-state index is 6.54. The van der Waals surface area contributed by atoms with Crippen LogP contribution in [0.1, 0.15) is 22.3 Å². The van der Waals surface area contributed by atoms with Gasteiger partial charge >= 0.3 is 0 Å². The molecule has 0 amide bonds. The van der Waals surface area contributed by atoms with Gasteiger partial charge in [0.15, 0.2) is 6.29 Å². The summed E-state index contributed by atoms with van der Waals surface area (Å²) in [5.74, 6) is 0. The quantitative estimate of drug-likeness (QED) is 0.223. The Bertz CT molecular complexity index is 1090. The summed E-state index contributed by atoms with van der Waals surface area (Å²) in [5, 5.41) is 0. The Labute approximate surface area is 224 Å². The second kappa shape index (κ2) is 14.0. The van der Waals surface area contributed by atoms with E-state index in [4.69, 9.17) is 23.7 Å². The van der Waals surface area contributed by atoms with Crippen molar-refractivity contribution in [1.29, 1.82) is 0 Å². The molecule has 0 bridgehead atoms. The third-order valence-corrected chi connectivity index (χ3v) is 6.52. The zero-order valence-electron chi connectivity index (χ0n) is 21.4. The first-order chi connectivity index (χ1) is 18.8. The summed E-state index contributed by atoms with van der Waals surface area (Å²) in [4.78, 5) is 0. The van der Waals surface area contributed by atoms with E-state index in [1.54, 1.807) is 0 Å². The molecule has 0 saturated carbocycles. The van der Waals surface area contributed by atoms with E-state index in [1.807, 2.05) is 97.1 Å². The molecule has 1 aliphatic heterocycles. The maximum Gasteiger partial charge on any atom is 0.186 e. The molecule has 0 aromatic heterocycles. The topological polar surface area (TPSA) is 46.2 Å². The lowest BCUT2D eigenvalue weighted by Crippen LogP contribution is -2.56. The number of rotatable bonds is 12. The van der Waals surface area contributed by atoms with Gasteiger partial charge in [0, 0.05) is 0 Å². The summed E-state index contributed by atoms with van der Waals surface area (Å²) in [6.07, 6.45) is -1.80. The van der Waals surface area contributed by atoms with Gasteiger partial charge in [0.2, 0.25) is 0 Å². The average molecular weight is 511 g/mol. The molecule has 38 heavy (non-hydrogen) atoms. The van der Waals surface area contributed by atoms with Gasteiger partial charge in [-0.2, -0.15) is 0 Å². The Morgan fingerprint density at radius 2 is 0.816 bits per heavy atom. The Hall–Kier alpha value is -3.32. The summed E-state index contributed by atoms with van der Waals surface area (Å²) in [7, 11) is 0. The largest absolute Gasteiger partial charge is 0.368 e. The summed E-state index contributed by atoms with van der Waals surface area (Å²) in [6, 6.07) is 40.5. The molecule has 0 spiro atoms. The van der Waals surface area contributed by atoms with Gasteiger partial charge in [0.05, 0.1) is 33.0 Å². The van der Waals surface area contributed by atoms with Crippen LogP contribution in [0.15, 0.2) is 121 Å². The second-order valence-electron chi connectivity index (χ2n) is 9.36. The Balaban J connectivity index is 1.35. The SMILES string of the molecule is c1ccc(CO[C@H]2OC[C@H](OCc3ccccc3)[C@@H](OCc3ccccc3)[C@H]2OCc2ccccc2)cc1. The first-order valence-electron chi connectivity index (χ1n) is 13.1. The van der Waals surface area contributed by atoms with E-state index in [2.05, 4.69) is 24.3 Å². The molecule has 0 unspecified atom stereocenters. The lowest BCUT2D eigenvalue weighted by Gasteiger charge is -2.42. The predicted octanol–water partition coefficient (Wildman–Crippen LogP) is 6.32. The summed E-state index contributed by atoms with van der Waals surface area (Å²) < 4.78 is 31.9. The molecule has 0 radical (unpaired) electrons. The van der Waals surface area contributed by atoms with E-state index < -0.39 is 18.5 Å². The van der Waals surface area contributed by atoms with Crippen molar-refractivity contribution in [2.45, 2.75) is 51.0 Å². The molecule has 0 N–H and O–H groups in total. The lowest BCUT2D eigenvalue weighted by molar-refractivity contribution is -0.302. The highest BCUT2D eigenvalue weighted by Gasteiger charge is 2.43. The molecule has 1 heterocycles. The normalized spacial score (nSPS) is 21.3. The fourth-order valence-electron chi connectivity index (χ4n) is 4.47. The van der Waals surface area contributed by atoms with Crippen molar-refractivity contribution in [3.63, 3.8) is 0 Å². The monoisotopic (exact) mass is 510 g/mol. The molecule has 5 heteroatoms. The van der Waals surface area contributed by atoms with Crippen LogP contribution in [0.4, 0.5) is 0 Å². The van der Waals surface area contributed by atoms with Crippen LogP contribution in [0.5, 0.6) is 0 Å². The molecule has 0 aliphatic carbocycles. The smallest absolute Gasteiger partial charge is 0.186 e. The van der Waals surface area contributed by atoms with Gasteiger partial charge in [-0.1, -0.05) is 121 Å². The van der Waals surface area contributed by atoms with Gasteiger partial charge in [-0.15, -0.1) is 0 Å². The first kappa shape index (κ1) is 26.3. The molecular formula is C33H34O5. The van der Waals surface area contributed by atoms with E-state index in [1.165, 1.54) is 0 Å². The number of hydrogen-bond donors (Lipinski definition) is 0. The first-order valence-corrected chi connectivity index (χ1v) is 13.1. The molecule has 4 aromatic rings. The van der Waals surface area contributed by atoms with Crippen molar-refractivity contribution in [2.24, 2.45) is 0 Å². The van der Waals surface area contributed by atoms with Gasteiger partial charge in [-0.05, 0) is 22.3 Å². The van der Waals surface area contributed by atoms with Crippen molar-refractivity contribution in [1.82, 2.24) is 0 Å². The number of benzene rings is 4. The minimum Gasteiger partial charge on any atom is -0.368 e. The molecule has 4 atom stereocenters. The van der Waals surface area contributed by atoms with Gasteiger partial charge in [-0.25, -0.2) is 0 Å². The lowest BCUT2D eigenvalue weighted by atomic mass is 10.0. The van der Waals surface area contributed by atoms with Gasteiger partial charge in [0.1, 0.15) is 18.3 Å². The zero-order chi connectivity index (χ0) is 25.8. The van der Waals surface area contributed by atoms with E-state index in [9.17, 15) is 0 Å². The third kappa shape index (κ3) is 7.60. The minimum atomic E-state index is -0.601. The molecule has 1 fully saturated rings. The van der Waals surface area contributed by atoms with Crippen LogP contribution in [-0.4, -0.2) is 31.2 Å². The maximum atomic E-state index is 6.54. The van der Waals surface area contributed by atoms with Crippen LogP contribution in [0.2, 0.25) is 0 Å². The zero-order valence-corrected chi connectivity index (χ0v) is 21.4. The van der Waals surface area contributed by atoms with Crippen molar-refractivity contribution in [2.75, 3.05) is 6.61 Å². The van der Waals surface area contributed by atoms with E-state index in [0.29, 0.717) is 33.0 Å². The van der Waals surface area contributed by atoms with Crippen LogP contribution in [-0.2, 0) is 50.1 Å². The van der Waals surface area contributed by atoms with Gasteiger partial charge < -0.3 is 23.7 Å². The fraction of sp³-hybridized carbons (Fsp3) is 0.273. The third-order valence-electron chi connectivity index (χ3n) is 6.52. The van der Waals surface area contributed by atoms with Crippen molar-refractivity contribution in [3.05, 3.63) is 144 Å². The minimum absolute atomic E-state index is 0.323. The standard InChI is InChI=1S/C33H34O5/c1-5-13-26(14-6-1)21-34-30-25-38-33(37-24-29-19-11-4-12-20-29)32(36-23-28-17-9-3-10-18-28)31(30)35-22-27-15-7-2-8-16-27/h1-20,30-33H,21-25H2/t30-,31+,32+,33-/m0/s1.